The third-order valence-corrected chi connectivity index (χ3v) is 3.83. The van der Waals surface area contributed by atoms with Gasteiger partial charge in [0.2, 0.25) is 5.13 Å². The van der Waals surface area contributed by atoms with Gasteiger partial charge in [-0.05, 0) is 25.0 Å². The highest BCUT2D eigenvalue weighted by Gasteiger charge is 2.03. The number of hydrogen-bond acceptors (Lipinski definition) is 5. The van der Waals surface area contributed by atoms with Gasteiger partial charge in [-0.2, -0.15) is 5.10 Å². The van der Waals surface area contributed by atoms with Crippen LogP contribution in [0, 0.1) is 12.7 Å². The van der Waals surface area contributed by atoms with Gasteiger partial charge in [0.05, 0.1) is 18.5 Å². The van der Waals surface area contributed by atoms with Crippen LogP contribution in [0.1, 0.15) is 36.6 Å². The Morgan fingerprint density at radius 3 is 3.00 bits per heavy atom. The van der Waals surface area contributed by atoms with Crippen molar-refractivity contribution in [2.24, 2.45) is 5.10 Å². The maximum Gasteiger partial charge on any atom is 0.203 e. The molecule has 0 spiro atoms. The summed E-state index contributed by atoms with van der Waals surface area (Å²) in [6, 6.07) is 5.01. The monoisotopic (exact) mass is 321 g/mol. The lowest BCUT2D eigenvalue weighted by molar-refractivity contribution is 0.116. The van der Waals surface area contributed by atoms with Gasteiger partial charge in [-0.3, -0.25) is 5.43 Å². The van der Waals surface area contributed by atoms with Crippen molar-refractivity contribution in [2.45, 2.75) is 33.3 Å². The zero-order chi connectivity index (χ0) is 15.8. The fraction of sp³-hybridized carbons (Fsp3) is 0.375. The van der Waals surface area contributed by atoms with Crippen LogP contribution in [0.4, 0.5) is 9.52 Å². The molecule has 0 unspecified atom stereocenters. The first-order valence-electron chi connectivity index (χ1n) is 7.26. The summed E-state index contributed by atoms with van der Waals surface area (Å²) < 4.78 is 19.4. The number of aryl methyl sites for hydroxylation is 1. The minimum absolute atomic E-state index is 0.273. The Labute approximate surface area is 134 Å². The third-order valence-electron chi connectivity index (χ3n) is 2.97. The molecule has 0 aliphatic heterocycles. The Kier molecular flexibility index (Phi) is 6.48. The van der Waals surface area contributed by atoms with Crippen LogP contribution in [0.2, 0.25) is 0 Å². The molecule has 0 radical (unpaired) electrons. The van der Waals surface area contributed by atoms with Crippen molar-refractivity contribution in [3.05, 3.63) is 46.2 Å². The third kappa shape index (κ3) is 5.20. The van der Waals surface area contributed by atoms with Gasteiger partial charge in [-0.15, -0.1) is 11.3 Å². The number of hydrogen-bond donors (Lipinski definition) is 1. The van der Waals surface area contributed by atoms with Gasteiger partial charge in [0, 0.05) is 17.6 Å². The van der Waals surface area contributed by atoms with E-state index in [1.807, 2.05) is 18.4 Å². The first kappa shape index (κ1) is 16.6. The highest BCUT2D eigenvalue weighted by molar-refractivity contribution is 7.13. The molecule has 0 amide bonds. The second-order valence-electron chi connectivity index (χ2n) is 4.92. The van der Waals surface area contributed by atoms with E-state index in [2.05, 4.69) is 22.4 Å². The smallest absolute Gasteiger partial charge is 0.203 e. The van der Waals surface area contributed by atoms with Crippen LogP contribution < -0.4 is 5.43 Å². The van der Waals surface area contributed by atoms with Crippen molar-refractivity contribution in [3.8, 4) is 0 Å². The number of halogens is 1. The molecule has 0 saturated heterocycles. The Balaban J connectivity index is 1.88. The summed E-state index contributed by atoms with van der Waals surface area (Å²) in [5.41, 5.74) is 5.03. The second-order valence-corrected chi connectivity index (χ2v) is 5.78. The van der Waals surface area contributed by atoms with Gasteiger partial charge in [0.25, 0.3) is 0 Å². The lowest BCUT2D eigenvalue weighted by Crippen LogP contribution is -1.99. The van der Waals surface area contributed by atoms with E-state index in [-0.39, 0.29) is 5.82 Å². The molecule has 0 atom stereocenters. The molecule has 0 fully saturated rings. The van der Waals surface area contributed by atoms with E-state index in [4.69, 9.17) is 4.74 Å². The van der Waals surface area contributed by atoms with Crippen LogP contribution in [-0.4, -0.2) is 17.8 Å². The van der Waals surface area contributed by atoms with Gasteiger partial charge >= 0.3 is 0 Å². The van der Waals surface area contributed by atoms with E-state index >= 15 is 0 Å². The molecule has 0 bridgehead atoms. The number of rotatable bonds is 8. The van der Waals surface area contributed by atoms with Gasteiger partial charge in [0.1, 0.15) is 5.82 Å². The largest absolute Gasteiger partial charge is 0.377 e. The minimum atomic E-state index is -0.273. The summed E-state index contributed by atoms with van der Waals surface area (Å²) in [7, 11) is 0. The summed E-state index contributed by atoms with van der Waals surface area (Å²) in [6.07, 6.45) is 3.64. The Morgan fingerprint density at radius 1 is 1.45 bits per heavy atom. The molecule has 1 aromatic carbocycles. The first-order valence-corrected chi connectivity index (χ1v) is 8.14. The van der Waals surface area contributed by atoms with Crippen molar-refractivity contribution >= 4 is 22.7 Å². The van der Waals surface area contributed by atoms with Crippen molar-refractivity contribution in [3.63, 3.8) is 0 Å². The fourth-order valence-corrected chi connectivity index (χ4v) is 2.39. The van der Waals surface area contributed by atoms with E-state index in [1.165, 1.54) is 17.4 Å². The number of nitrogens with zero attached hydrogens (tertiary/aromatic N) is 2. The summed E-state index contributed by atoms with van der Waals surface area (Å²) in [5, 5.41) is 6.71. The predicted molar refractivity (Wildman–Crippen MR) is 89.0 cm³/mol. The SMILES string of the molecule is CCCCOCc1ccc(C=NNc2nc(C)cs2)cc1F. The summed E-state index contributed by atoms with van der Waals surface area (Å²) in [4.78, 5) is 4.23. The number of anilines is 1. The lowest BCUT2D eigenvalue weighted by Gasteiger charge is -2.05. The van der Waals surface area contributed by atoms with Crippen molar-refractivity contribution in [1.29, 1.82) is 0 Å². The van der Waals surface area contributed by atoms with Crippen LogP contribution >= 0.6 is 11.3 Å². The molecule has 4 nitrogen and oxygen atoms in total. The van der Waals surface area contributed by atoms with Crippen LogP contribution in [0.25, 0.3) is 0 Å². The first-order chi connectivity index (χ1) is 10.7. The number of hydrazone groups is 1. The number of aromatic nitrogens is 1. The molecule has 0 saturated carbocycles. The van der Waals surface area contributed by atoms with Crippen LogP contribution in [-0.2, 0) is 11.3 Å². The maximum atomic E-state index is 13.9. The summed E-state index contributed by atoms with van der Waals surface area (Å²) >= 11 is 1.48. The molecule has 2 aromatic rings. The average molecular weight is 321 g/mol. The lowest BCUT2D eigenvalue weighted by atomic mass is 10.1. The molecule has 22 heavy (non-hydrogen) atoms. The summed E-state index contributed by atoms with van der Waals surface area (Å²) in [6.45, 7) is 4.98. The van der Waals surface area contributed by atoms with Crippen LogP contribution in [0.3, 0.4) is 0 Å². The van der Waals surface area contributed by atoms with Gasteiger partial charge < -0.3 is 4.74 Å². The van der Waals surface area contributed by atoms with Crippen molar-refractivity contribution in [2.75, 3.05) is 12.0 Å². The zero-order valence-electron chi connectivity index (χ0n) is 12.8. The molecule has 1 N–H and O–H groups in total. The molecule has 118 valence electrons. The van der Waals surface area contributed by atoms with E-state index in [9.17, 15) is 4.39 Å². The molecule has 1 aromatic heterocycles. The Hall–Kier alpha value is -1.79. The number of benzene rings is 1. The molecular formula is C16H20FN3OS. The highest BCUT2D eigenvalue weighted by atomic mass is 32.1. The van der Waals surface area contributed by atoms with Crippen LogP contribution in [0.5, 0.6) is 0 Å². The number of nitrogens with one attached hydrogen (secondary N) is 1. The van der Waals surface area contributed by atoms with Crippen LogP contribution in [0.15, 0.2) is 28.7 Å². The number of thiazole rings is 1. The molecule has 1 heterocycles. The molecule has 0 aliphatic rings. The maximum absolute atomic E-state index is 13.9. The molecule has 6 heteroatoms. The van der Waals surface area contributed by atoms with E-state index in [1.54, 1.807) is 12.3 Å². The molecular weight excluding hydrogens is 301 g/mol. The zero-order valence-corrected chi connectivity index (χ0v) is 13.6. The van der Waals surface area contributed by atoms with Crippen molar-refractivity contribution in [1.82, 2.24) is 4.98 Å². The Morgan fingerprint density at radius 2 is 2.32 bits per heavy atom. The normalized spacial score (nSPS) is 11.2. The van der Waals surface area contributed by atoms with E-state index in [0.717, 1.165) is 23.7 Å². The second kappa shape index (κ2) is 8.60. The number of unbranched alkanes of at least 4 members (excludes halogenated alkanes) is 1. The van der Waals surface area contributed by atoms with E-state index < -0.39 is 0 Å². The average Bonchev–Trinajstić information content (AvgIpc) is 2.91. The van der Waals surface area contributed by atoms with Crippen molar-refractivity contribution < 1.29 is 9.13 Å². The molecule has 2 rings (SSSR count). The van der Waals surface area contributed by atoms with E-state index in [0.29, 0.717) is 24.3 Å². The quantitative estimate of drug-likeness (QED) is 0.446. The molecule has 0 aliphatic carbocycles. The summed E-state index contributed by atoms with van der Waals surface area (Å²) in [5.74, 6) is -0.273. The van der Waals surface area contributed by atoms with Gasteiger partial charge in [0.15, 0.2) is 0 Å². The fourth-order valence-electron chi connectivity index (χ4n) is 1.76. The minimum Gasteiger partial charge on any atom is -0.377 e. The standard InChI is InChI=1S/C16H20FN3OS/c1-3-4-7-21-10-14-6-5-13(8-15(14)17)9-18-20-16-19-12(2)11-22-16/h5-6,8-9,11H,3-4,7,10H2,1-2H3,(H,19,20). The number of ether oxygens (including phenoxy) is 1. The van der Waals surface area contributed by atoms with Gasteiger partial charge in [-0.1, -0.05) is 25.5 Å². The topological polar surface area (TPSA) is 46.5 Å². The Bertz CT molecular complexity index is 628. The highest BCUT2D eigenvalue weighted by Crippen LogP contribution is 2.14. The van der Waals surface area contributed by atoms with Gasteiger partial charge in [-0.25, -0.2) is 9.37 Å². The predicted octanol–water partition coefficient (Wildman–Crippen LogP) is 4.35.